The summed E-state index contributed by atoms with van der Waals surface area (Å²) in [6, 6.07) is 8.52. The van der Waals surface area contributed by atoms with E-state index in [-0.39, 0.29) is 5.56 Å². The maximum Gasteiger partial charge on any atom is 0.262 e. The van der Waals surface area contributed by atoms with E-state index in [1.807, 2.05) is 26.2 Å². The Balaban J connectivity index is 1.43. The van der Waals surface area contributed by atoms with Crippen LogP contribution in [0.5, 0.6) is 0 Å². The monoisotopic (exact) mass is 430 g/mol. The highest BCUT2D eigenvalue weighted by atomic mass is 35.5. The van der Waals surface area contributed by atoms with E-state index in [1.165, 1.54) is 16.0 Å². The Morgan fingerprint density at radius 1 is 1.31 bits per heavy atom. The summed E-state index contributed by atoms with van der Waals surface area (Å²) in [5, 5.41) is 5.32. The minimum Gasteiger partial charge on any atom is -0.313 e. The van der Waals surface area contributed by atoms with Crippen molar-refractivity contribution in [1.29, 1.82) is 0 Å². The van der Waals surface area contributed by atoms with Crippen molar-refractivity contribution in [2.45, 2.75) is 38.3 Å². The number of aromatic nitrogens is 2. The number of benzene rings is 1. The number of likely N-dealkylation sites (N-methyl/N-ethyl adjacent to an activating group) is 1. The molecule has 1 aliphatic rings. The third-order valence-electron chi connectivity index (χ3n) is 5.58. The molecule has 0 aliphatic heterocycles. The van der Waals surface area contributed by atoms with Crippen molar-refractivity contribution in [3.63, 3.8) is 0 Å². The number of hydrogen-bond donors (Lipinski definition) is 1. The molecule has 3 aromatic rings. The Hall–Kier alpha value is -1.73. The van der Waals surface area contributed by atoms with Gasteiger partial charge in [-0.3, -0.25) is 9.36 Å². The molecule has 2 aromatic heterocycles. The number of aryl methyl sites for hydroxylation is 1. The lowest BCUT2D eigenvalue weighted by Crippen LogP contribution is -2.35. The standard InChI is InChI=1S/C22H27ClN4OS/c1-26(2)11-12-27-14-25-21-20(22(27)28)18-8-7-17(13-19(18)29-21)24-10-9-15-3-5-16(23)6-4-15/h3-6,14,17,24H,7-13H2,1-2H3. The molecule has 1 aromatic carbocycles. The Morgan fingerprint density at radius 2 is 2.10 bits per heavy atom. The van der Waals surface area contributed by atoms with Crippen LogP contribution in [-0.2, 0) is 25.8 Å². The van der Waals surface area contributed by atoms with Gasteiger partial charge in [-0.25, -0.2) is 4.98 Å². The lowest BCUT2D eigenvalue weighted by molar-refractivity contribution is 0.380. The highest BCUT2D eigenvalue weighted by Crippen LogP contribution is 2.33. The predicted molar refractivity (Wildman–Crippen MR) is 121 cm³/mol. The summed E-state index contributed by atoms with van der Waals surface area (Å²) in [5.41, 5.74) is 2.64. The minimum absolute atomic E-state index is 0.114. The highest BCUT2D eigenvalue weighted by Gasteiger charge is 2.25. The van der Waals surface area contributed by atoms with Crippen LogP contribution in [-0.4, -0.2) is 47.7 Å². The van der Waals surface area contributed by atoms with Crippen LogP contribution in [0.25, 0.3) is 10.2 Å². The maximum atomic E-state index is 13.0. The molecule has 0 radical (unpaired) electrons. The second kappa shape index (κ2) is 8.96. The highest BCUT2D eigenvalue weighted by molar-refractivity contribution is 7.18. The van der Waals surface area contributed by atoms with Crippen molar-refractivity contribution in [3.05, 3.63) is 62.0 Å². The Bertz CT molecular complexity index is 1040. The first-order valence-electron chi connectivity index (χ1n) is 10.1. The Kier molecular flexibility index (Phi) is 6.35. The zero-order chi connectivity index (χ0) is 20.4. The first-order chi connectivity index (χ1) is 14.0. The normalized spacial score (nSPS) is 16.5. The van der Waals surface area contributed by atoms with Gasteiger partial charge in [0.25, 0.3) is 5.56 Å². The van der Waals surface area contributed by atoms with Crippen molar-refractivity contribution in [2.75, 3.05) is 27.2 Å². The molecule has 1 unspecified atom stereocenters. The van der Waals surface area contributed by atoms with Crippen molar-refractivity contribution >= 4 is 33.2 Å². The number of rotatable bonds is 7. The van der Waals surface area contributed by atoms with Gasteiger partial charge >= 0.3 is 0 Å². The van der Waals surface area contributed by atoms with Crippen molar-refractivity contribution in [1.82, 2.24) is 19.8 Å². The van der Waals surface area contributed by atoms with Gasteiger partial charge in [-0.15, -0.1) is 11.3 Å². The zero-order valence-corrected chi connectivity index (χ0v) is 18.5. The van der Waals surface area contributed by atoms with Gasteiger partial charge in [0.2, 0.25) is 0 Å². The molecule has 1 N–H and O–H groups in total. The molecule has 0 bridgehead atoms. The van der Waals surface area contributed by atoms with Gasteiger partial charge in [-0.1, -0.05) is 23.7 Å². The number of fused-ring (bicyclic) bond motifs is 3. The fraction of sp³-hybridized carbons (Fsp3) is 0.455. The molecule has 0 spiro atoms. The summed E-state index contributed by atoms with van der Waals surface area (Å²) in [7, 11) is 4.03. The van der Waals surface area contributed by atoms with Gasteiger partial charge < -0.3 is 10.2 Å². The molecule has 0 amide bonds. The molecular formula is C22H27ClN4OS. The SMILES string of the molecule is CN(C)CCn1cnc2sc3c(c2c1=O)CCC(NCCc1ccc(Cl)cc1)C3. The lowest BCUT2D eigenvalue weighted by Gasteiger charge is -2.23. The summed E-state index contributed by atoms with van der Waals surface area (Å²) in [4.78, 5) is 21.9. The summed E-state index contributed by atoms with van der Waals surface area (Å²) in [6.45, 7) is 2.45. The molecule has 1 atom stereocenters. The van der Waals surface area contributed by atoms with Crippen LogP contribution in [0.1, 0.15) is 22.4 Å². The van der Waals surface area contributed by atoms with E-state index in [4.69, 9.17) is 11.6 Å². The molecule has 29 heavy (non-hydrogen) atoms. The van der Waals surface area contributed by atoms with Crippen LogP contribution in [0.3, 0.4) is 0 Å². The fourth-order valence-corrected chi connectivity index (χ4v) is 5.30. The average molecular weight is 431 g/mol. The molecule has 5 nitrogen and oxygen atoms in total. The van der Waals surface area contributed by atoms with Crippen LogP contribution in [0, 0.1) is 0 Å². The predicted octanol–water partition coefficient (Wildman–Crippen LogP) is 3.36. The summed E-state index contributed by atoms with van der Waals surface area (Å²) in [6.07, 6.45) is 5.69. The van der Waals surface area contributed by atoms with Gasteiger partial charge in [0.05, 0.1) is 11.7 Å². The third kappa shape index (κ3) is 4.72. The molecule has 4 rings (SSSR count). The van der Waals surface area contributed by atoms with Crippen molar-refractivity contribution in [2.24, 2.45) is 0 Å². The lowest BCUT2D eigenvalue weighted by atomic mass is 9.93. The first-order valence-corrected chi connectivity index (χ1v) is 11.3. The van der Waals surface area contributed by atoms with E-state index in [0.717, 1.165) is 54.0 Å². The average Bonchev–Trinajstić information content (AvgIpc) is 3.07. The fourth-order valence-electron chi connectivity index (χ4n) is 3.91. The van der Waals surface area contributed by atoms with Crippen LogP contribution in [0.15, 0.2) is 35.4 Å². The third-order valence-corrected chi connectivity index (χ3v) is 7.00. The molecule has 0 saturated carbocycles. The van der Waals surface area contributed by atoms with Crippen LogP contribution < -0.4 is 10.9 Å². The van der Waals surface area contributed by atoms with E-state index in [9.17, 15) is 4.79 Å². The summed E-state index contributed by atoms with van der Waals surface area (Å²) < 4.78 is 1.76. The second-order valence-corrected chi connectivity index (χ2v) is 9.52. The van der Waals surface area contributed by atoms with Gasteiger partial charge in [0.15, 0.2) is 0 Å². The topological polar surface area (TPSA) is 50.2 Å². The van der Waals surface area contributed by atoms with Crippen LogP contribution >= 0.6 is 22.9 Å². The quantitative estimate of drug-likeness (QED) is 0.624. The molecule has 0 saturated heterocycles. The smallest absolute Gasteiger partial charge is 0.262 e. The van der Waals surface area contributed by atoms with Crippen LogP contribution in [0.4, 0.5) is 0 Å². The number of hydrogen-bond acceptors (Lipinski definition) is 5. The first kappa shape index (κ1) is 20.5. The second-order valence-electron chi connectivity index (χ2n) is 8.00. The Morgan fingerprint density at radius 3 is 2.86 bits per heavy atom. The van der Waals surface area contributed by atoms with E-state index >= 15 is 0 Å². The largest absolute Gasteiger partial charge is 0.313 e. The van der Waals surface area contributed by atoms with Gasteiger partial charge in [0, 0.05) is 29.0 Å². The summed E-state index contributed by atoms with van der Waals surface area (Å²) in [5.74, 6) is 0. The van der Waals surface area contributed by atoms with E-state index < -0.39 is 0 Å². The molecule has 2 heterocycles. The molecular weight excluding hydrogens is 404 g/mol. The van der Waals surface area contributed by atoms with Gasteiger partial charge in [0.1, 0.15) is 4.83 Å². The minimum atomic E-state index is 0.114. The van der Waals surface area contributed by atoms with E-state index in [1.54, 1.807) is 22.2 Å². The molecule has 7 heteroatoms. The molecule has 1 aliphatic carbocycles. The number of nitrogens with zero attached hydrogens (tertiary/aromatic N) is 3. The van der Waals surface area contributed by atoms with E-state index in [0.29, 0.717) is 12.6 Å². The number of nitrogens with one attached hydrogen (secondary N) is 1. The summed E-state index contributed by atoms with van der Waals surface area (Å²) >= 11 is 7.65. The zero-order valence-electron chi connectivity index (χ0n) is 16.9. The van der Waals surface area contributed by atoms with Crippen molar-refractivity contribution in [3.8, 4) is 0 Å². The van der Waals surface area contributed by atoms with Gasteiger partial charge in [-0.2, -0.15) is 0 Å². The number of thiophene rings is 1. The van der Waals surface area contributed by atoms with Crippen molar-refractivity contribution < 1.29 is 0 Å². The van der Waals surface area contributed by atoms with E-state index in [2.05, 4.69) is 27.3 Å². The maximum absolute atomic E-state index is 13.0. The Labute approximate surface area is 180 Å². The molecule has 154 valence electrons. The van der Waals surface area contributed by atoms with Crippen LogP contribution in [0.2, 0.25) is 5.02 Å². The molecule has 0 fully saturated rings. The number of halogens is 1. The van der Waals surface area contributed by atoms with Gasteiger partial charge in [-0.05, 0) is 69.6 Å².